The molecule has 180 valence electrons. The zero-order chi connectivity index (χ0) is 24.5. The van der Waals surface area contributed by atoms with Gasteiger partial charge in [-0.3, -0.25) is 4.79 Å². The molecule has 34 heavy (non-hydrogen) atoms. The fourth-order valence-electron chi connectivity index (χ4n) is 3.81. The minimum absolute atomic E-state index is 0.0195. The van der Waals surface area contributed by atoms with Crippen molar-refractivity contribution in [2.75, 3.05) is 23.3 Å². The van der Waals surface area contributed by atoms with E-state index in [9.17, 15) is 22.8 Å². The van der Waals surface area contributed by atoms with E-state index in [1.165, 1.54) is 12.1 Å². The van der Waals surface area contributed by atoms with Gasteiger partial charge in [0.1, 0.15) is 17.4 Å². The summed E-state index contributed by atoms with van der Waals surface area (Å²) in [6.07, 6.45) is -3.45. The largest absolute Gasteiger partial charge is 0.573 e. The van der Waals surface area contributed by atoms with E-state index in [-0.39, 0.29) is 17.4 Å². The van der Waals surface area contributed by atoms with Crippen LogP contribution in [0.2, 0.25) is 0 Å². The van der Waals surface area contributed by atoms with Gasteiger partial charge in [0.05, 0.1) is 5.69 Å². The van der Waals surface area contributed by atoms with Gasteiger partial charge in [0, 0.05) is 36.8 Å². The number of ether oxygens (including phenoxy) is 1. The number of carbonyl (C=O) groups is 2. The molecular formula is C21H22F3N7O3. The number of primary amides is 1. The lowest BCUT2D eigenvalue weighted by atomic mass is 10.1. The first-order valence-corrected chi connectivity index (χ1v) is 10.4. The Bertz CT molecular complexity index is 1200. The zero-order valence-electron chi connectivity index (χ0n) is 18.1. The minimum Gasteiger partial charge on any atom is -0.406 e. The number of anilines is 2. The van der Waals surface area contributed by atoms with Crippen LogP contribution in [0.15, 0.2) is 36.4 Å². The average molecular weight is 477 g/mol. The van der Waals surface area contributed by atoms with Crippen molar-refractivity contribution in [1.82, 2.24) is 19.9 Å². The number of carbonyl (C=O) groups excluding carboxylic acids is 2. The fraction of sp³-hybridized carbons (Fsp3) is 0.333. The molecule has 1 fully saturated rings. The lowest BCUT2D eigenvalue weighted by Crippen LogP contribution is -2.46. The summed E-state index contributed by atoms with van der Waals surface area (Å²) in [5, 5.41) is 9.88. The molecule has 3 amide bonds. The molecule has 4 N–H and O–H groups in total. The molecule has 0 saturated carbocycles. The van der Waals surface area contributed by atoms with Crippen LogP contribution in [-0.2, 0) is 0 Å². The highest BCUT2D eigenvalue weighted by atomic mass is 19.4. The summed E-state index contributed by atoms with van der Waals surface area (Å²) in [6, 6.07) is 7.46. The van der Waals surface area contributed by atoms with Gasteiger partial charge in [-0.15, -0.1) is 13.2 Å². The van der Waals surface area contributed by atoms with E-state index in [4.69, 9.17) is 5.73 Å². The number of halogens is 3. The number of fused-ring (bicyclic) bond motifs is 1. The Morgan fingerprint density at radius 1 is 1.15 bits per heavy atom. The van der Waals surface area contributed by atoms with Crippen molar-refractivity contribution in [3.63, 3.8) is 0 Å². The van der Waals surface area contributed by atoms with Crippen LogP contribution in [0.25, 0.3) is 5.65 Å². The second-order valence-electron chi connectivity index (χ2n) is 7.85. The van der Waals surface area contributed by atoms with Gasteiger partial charge >= 0.3 is 12.4 Å². The molecule has 0 bridgehead atoms. The molecule has 13 heteroatoms. The quantitative estimate of drug-likeness (QED) is 0.519. The summed E-state index contributed by atoms with van der Waals surface area (Å²) in [6.45, 7) is 3.07. The first-order chi connectivity index (χ1) is 16.1. The Hall–Kier alpha value is -4.03. The number of benzene rings is 1. The van der Waals surface area contributed by atoms with Gasteiger partial charge in [-0.1, -0.05) is 0 Å². The van der Waals surface area contributed by atoms with Crippen molar-refractivity contribution in [3.8, 4) is 5.75 Å². The molecular weight excluding hydrogens is 455 g/mol. The Morgan fingerprint density at radius 3 is 2.44 bits per heavy atom. The highest BCUT2D eigenvalue weighted by Crippen LogP contribution is 2.26. The molecule has 1 aliphatic rings. The van der Waals surface area contributed by atoms with Gasteiger partial charge in [-0.05, 0) is 44.0 Å². The lowest BCUT2D eigenvalue weighted by molar-refractivity contribution is -0.274. The Balaban J connectivity index is 1.53. The van der Waals surface area contributed by atoms with E-state index in [1.54, 1.807) is 16.6 Å². The molecule has 0 radical (unpaired) electrons. The van der Waals surface area contributed by atoms with E-state index in [0.29, 0.717) is 37.4 Å². The minimum atomic E-state index is -4.81. The first kappa shape index (κ1) is 23.1. The third-order valence-corrected chi connectivity index (χ3v) is 5.29. The van der Waals surface area contributed by atoms with E-state index in [1.807, 2.05) is 6.92 Å². The molecule has 3 heterocycles. The SMILES string of the molecule is Cc1cc2nc(NC(=O)c3ccc(OC(F)(F)F)cc3)cc(N3CCC(NC(N)=O)CC3)n2n1. The molecule has 0 spiro atoms. The van der Waals surface area contributed by atoms with Crippen LogP contribution in [0.3, 0.4) is 0 Å². The number of hydrogen-bond donors (Lipinski definition) is 3. The van der Waals surface area contributed by atoms with Crippen molar-refractivity contribution in [2.45, 2.75) is 32.2 Å². The predicted octanol–water partition coefficient (Wildman–Crippen LogP) is 2.83. The average Bonchev–Trinajstić information content (AvgIpc) is 3.13. The predicted molar refractivity (Wildman–Crippen MR) is 117 cm³/mol. The van der Waals surface area contributed by atoms with Crippen LogP contribution in [0, 0.1) is 6.92 Å². The number of amides is 3. The fourth-order valence-corrected chi connectivity index (χ4v) is 3.81. The maximum absolute atomic E-state index is 12.7. The number of rotatable bonds is 5. The summed E-state index contributed by atoms with van der Waals surface area (Å²) in [5.74, 6) is 0.0112. The molecule has 1 aromatic carbocycles. The van der Waals surface area contributed by atoms with E-state index in [2.05, 4.69) is 30.4 Å². The summed E-state index contributed by atoms with van der Waals surface area (Å²) in [7, 11) is 0. The van der Waals surface area contributed by atoms with Crippen LogP contribution < -0.4 is 26.0 Å². The maximum atomic E-state index is 12.7. The summed E-state index contributed by atoms with van der Waals surface area (Å²) in [4.78, 5) is 30.3. The standard InChI is InChI=1S/C21H22F3N7O3/c1-12-10-17-27-16(28-19(32)13-2-4-15(5-3-13)34-21(22,23)24)11-18(31(17)29-12)30-8-6-14(7-9-30)26-20(25)33/h2-5,10-11,14H,6-9H2,1H3,(H3,25,26,33)(H,27,28,32). The molecule has 4 rings (SSSR count). The Labute approximate surface area is 191 Å². The molecule has 10 nitrogen and oxygen atoms in total. The number of nitrogens with two attached hydrogens (primary N) is 1. The molecule has 3 aromatic rings. The molecule has 0 unspecified atom stereocenters. The zero-order valence-corrected chi connectivity index (χ0v) is 18.1. The maximum Gasteiger partial charge on any atom is 0.573 e. The van der Waals surface area contributed by atoms with Gasteiger partial charge in [0.15, 0.2) is 5.65 Å². The van der Waals surface area contributed by atoms with Crippen molar-refractivity contribution in [1.29, 1.82) is 0 Å². The highest BCUT2D eigenvalue weighted by Gasteiger charge is 2.31. The molecule has 1 aliphatic heterocycles. The van der Waals surface area contributed by atoms with E-state index in [0.717, 1.165) is 17.8 Å². The van der Waals surface area contributed by atoms with Crippen LogP contribution in [-0.4, -0.2) is 52.0 Å². The van der Waals surface area contributed by atoms with Gasteiger partial charge in [0.2, 0.25) is 0 Å². The summed E-state index contributed by atoms with van der Waals surface area (Å²) < 4.78 is 42.5. The van der Waals surface area contributed by atoms with Crippen LogP contribution in [0.4, 0.5) is 29.6 Å². The number of aromatic nitrogens is 3. The van der Waals surface area contributed by atoms with Crippen LogP contribution >= 0.6 is 0 Å². The first-order valence-electron chi connectivity index (χ1n) is 10.4. The number of aryl methyl sites for hydroxylation is 1. The summed E-state index contributed by atoms with van der Waals surface area (Å²) >= 11 is 0. The number of urea groups is 1. The third kappa shape index (κ3) is 5.47. The molecule has 1 saturated heterocycles. The summed E-state index contributed by atoms with van der Waals surface area (Å²) in [5.41, 5.74) is 6.62. The Morgan fingerprint density at radius 2 is 1.82 bits per heavy atom. The number of hydrogen-bond acceptors (Lipinski definition) is 6. The number of piperidine rings is 1. The number of nitrogens with one attached hydrogen (secondary N) is 2. The van der Waals surface area contributed by atoms with Crippen LogP contribution in [0.5, 0.6) is 5.75 Å². The second kappa shape index (κ2) is 9.08. The smallest absolute Gasteiger partial charge is 0.406 e. The topological polar surface area (TPSA) is 127 Å². The monoisotopic (exact) mass is 477 g/mol. The molecule has 0 aliphatic carbocycles. The second-order valence-corrected chi connectivity index (χ2v) is 7.85. The normalized spacial score (nSPS) is 14.8. The number of nitrogens with zero attached hydrogens (tertiary/aromatic N) is 4. The molecule has 0 atom stereocenters. The van der Waals surface area contributed by atoms with Crippen molar-refractivity contribution in [3.05, 3.63) is 47.7 Å². The third-order valence-electron chi connectivity index (χ3n) is 5.29. The van der Waals surface area contributed by atoms with Crippen molar-refractivity contribution in [2.24, 2.45) is 5.73 Å². The Kier molecular flexibility index (Phi) is 6.18. The van der Waals surface area contributed by atoms with Crippen molar-refractivity contribution >= 4 is 29.2 Å². The van der Waals surface area contributed by atoms with Gasteiger partial charge in [-0.25, -0.2) is 9.78 Å². The van der Waals surface area contributed by atoms with Crippen molar-refractivity contribution < 1.29 is 27.5 Å². The highest BCUT2D eigenvalue weighted by molar-refractivity contribution is 6.04. The van der Waals surface area contributed by atoms with E-state index >= 15 is 0 Å². The van der Waals surface area contributed by atoms with Gasteiger partial charge < -0.3 is 26.0 Å². The van der Waals surface area contributed by atoms with E-state index < -0.39 is 24.1 Å². The van der Waals surface area contributed by atoms with Crippen LogP contribution in [0.1, 0.15) is 28.9 Å². The van der Waals surface area contributed by atoms with Gasteiger partial charge in [0.25, 0.3) is 5.91 Å². The molecule has 2 aromatic heterocycles. The van der Waals surface area contributed by atoms with Gasteiger partial charge in [-0.2, -0.15) is 9.61 Å². The number of alkyl halides is 3. The lowest BCUT2D eigenvalue weighted by Gasteiger charge is -2.33.